The second-order valence-electron chi connectivity index (χ2n) is 4.67. The summed E-state index contributed by atoms with van der Waals surface area (Å²) in [7, 11) is 0. The average Bonchev–Trinajstić information content (AvgIpc) is 2.43. The van der Waals surface area contributed by atoms with E-state index in [0.717, 1.165) is 5.56 Å². The first-order chi connectivity index (χ1) is 9.63. The number of halogens is 1. The first-order valence-electron chi connectivity index (χ1n) is 6.36. The molecule has 104 valence electrons. The van der Waals surface area contributed by atoms with E-state index in [2.05, 4.69) is 5.32 Å². The van der Waals surface area contributed by atoms with E-state index >= 15 is 0 Å². The molecule has 2 aromatic carbocycles. The molecule has 0 aromatic heterocycles. The minimum absolute atomic E-state index is 0.297. The van der Waals surface area contributed by atoms with Gasteiger partial charge < -0.3 is 20.5 Å². The summed E-state index contributed by atoms with van der Waals surface area (Å²) in [4.78, 5) is 0. The molecular weight excluding hydrogens is 259 g/mol. The lowest BCUT2D eigenvalue weighted by Crippen LogP contribution is -2.15. The van der Waals surface area contributed by atoms with Crippen molar-refractivity contribution in [2.45, 2.75) is 6.92 Å². The van der Waals surface area contributed by atoms with Crippen LogP contribution in [0.4, 0.5) is 21.5 Å². The van der Waals surface area contributed by atoms with Gasteiger partial charge in [0.2, 0.25) is 0 Å². The zero-order chi connectivity index (χ0) is 14.1. The second-order valence-corrected chi connectivity index (χ2v) is 4.67. The van der Waals surface area contributed by atoms with Crippen molar-refractivity contribution in [2.75, 3.05) is 24.3 Å². The third-order valence-electron chi connectivity index (χ3n) is 3.18. The van der Waals surface area contributed by atoms with Gasteiger partial charge in [0.25, 0.3) is 0 Å². The highest BCUT2D eigenvalue weighted by atomic mass is 19.1. The number of aryl methyl sites for hydroxylation is 1. The minimum atomic E-state index is -0.297. The smallest absolute Gasteiger partial charge is 0.163 e. The molecule has 0 atom stereocenters. The normalized spacial score (nSPS) is 13.1. The predicted octanol–water partition coefficient (Wildman–Crippen LogP) is 3.23. The summed E-state index contributed by atoms with van der Waals surface area (Å²) in [6.45, 7) is 2.92. The molecule has 0 radical (unpaired) electrons. The molecule has 20 heavy (non-hydrogen) atoms. The highest BCUT2D eigenvalue weighted by molar-refractivity contribution is 5.77. The lowest BCUT2D eigenvalue weighted by molar-refractivity contribution is 0.172. The molecule has 0 unspecified atom stereocenters. The molecule has 0 saturated carbocycles. The molecule has 0 saturated heterocycles. The Morgan fingerprint density at radius 1 is 1.05 bits per heavy atom. The van der Waals surface area contributed by atoms with Gasteiger partial charge in [-0.2, -0.15) is 0 Å². The van der Waals surface area contributed by atoms with Crippen molar-refractivity contribution in [3.05, 3.63) is 41.7 Å². The van der Waals surface area contributed by atoms with Gasteiger partial charge in [-0.05, 0) is 24.6 Å². The number of nitrogens with two attached hydrogens (primary N) is 1. The van der Waals surface area contributed by atoms with Gasteiger partial charge in [0.1, 0.15) is 19.0 Å². The fraction of sp³-hybridized carbons (Fsp3) is 0.200. The molecule has 1 heterocycles. The zero-order valence-corrected chi connectivity index (χ0v) is 11.1. The summed E-state index contributed by atoms with van der Waals surface area (Å²) < 4.78 is 24.3. The monoisotopic (exact) mass is 274 g/mol. The van der Waals surface area contributed by atoms with Crippen LogP contribution < -0.4 is 20.5 Å². The van der Waals surface area contributed by atoms with E-state index in [0.29, 0.717) is 41.8 Å². The Morgan fingerprint density at radius 2 is 1.75 bits per heavy atom. The first kappa shape index (κ1) is 12.6. The Kier molecular flexibility index (Phi) is 3.10. The molecule has 0 amide bonds. The largest absolute Gasteiger partial charge is 0.486 e. The number of anilines is 3. The maximum atomic E-state index is 13.3. The molecule has 4 nitrogen and oxygen atoms in total. The highest BCUT2D eigenvalue weighted by Gasteiger charge is 2.15. The Hall–Kier alpha value is -2.43. The van der Waals surface area contributed by atoms with Crippen LogP contribution in [0.3, 0.4) is 0 Å². The van der Waals surface area contributed by atoms with Gasteiger partial charge in [0.05, 0.1) is 11.4 Å². The van der Waals surface area contributed by atoms with Crippen LogP contribution in [-0.4, -0.2) is 13.2 Å². The van der Waals surface area contributed by atoms with Crippen molar-refractivity contribution in [3.63, 3.8) is 0 Å². The third kappa shape index (κ3) is 2.34. The number of hydrogen-bond acceptors (Lipinski definition) is 4. The van der Waals surface area contributed by atoms with Crippen molar-refractivity contribution in [3.8, 4) is 11.5 Å². The van der Waals surface area contributed by atoms with Crippen molar-refractivity contribution in [2.24, 2.45) is 0 Å². The summed E-state index contributed by atoms with van der Waals surface area (Å²) in [6, 6.07) is 8.06. The van der Waals surface area contributed by atoms with Crippen LogP contribution in [0, 0.1) is 12.7 Å². The van der Waals surface area contributed by atoms with Gasteiger partial charge in [0.15, 0.2) is 11.5 Å². The van der Waals surface area contributed by atoms with Crippen LogP contribution in [0.2, 0.25) is 0 Å². The van der Waals surface area contributed by atoms with Crippen molar-refractivity contribution in [1.82, 2.24) is 0 Å². The molecule has 3 rings (SSSR count). The van der Waals surface area contributed by atoms with E-state index in [1.807, 2.05) is 6.92 Å². The van der Waals surface area contributed by atoms with Crippen molar-refractivity contribution < 1.29 is 13.9 Å². The van der Waals surface area contributed by atoms with Gasteiger partial charge in [-0.15, -0.1) is 0 Å². The van der Waals surface area contributed by atoms with Crippen LogP contribution in [0.5, 0.6) is 11.5 Å². The van der Waals surface area contributed by atoms with Crippen LogP contribution in [0.15, 0.2) is 30.3 Å². The average molecular weight is 274 g/mol. The topological polar surface area (TPSA) is 56.5 Å². The molecule has 0 fully saturated rings. The fourth-order valence-electron chi connectivity index (χ4n) is 2.09. The second kappa shape index (κ2) is 4.92. The lowest BCUT2D eigenvalue weighted by atomic mass is 10.1. The Bertz CT molecular complexity index is 659. The Labute approximate surface area is 116 Å². The summed E-state index contributed by atoms with van der Waals surface area (Å²) in [5.41, 5.74) is 8.79. The molecule has 1 aliphatic heterocycles. The Balaban J connectivity index is 1.96. The van der Waals surface area contributed by atoms with E-state index in [4.69, 9.17) is 15.2 Å². The van der Waals surface area contributed by atoms with Crippen molar-refractivity contribution in [1.29, 1.82) is 0 Å². The maximum Gasteiger partial charge on any atom is 0.163 e. The summed E-state index contributed by atoms with van der Waals surface area (Å²) in [5.74, 6) is 0.978. The number of fused-ring (bicyclic) bond motifs is 1. The molecule has 3 N–H and O–H groups in total. The quantitative estimate of drug-likeness (QED) is 0.825. The zero-order valence-electron chi connectivity index (χ0n) is 11.1. The van der Waals surface area contributed by atoms with Crippen LogP contribution in [0.25, 0.3) is 0 Å². The molecule has 0 aliphatic carbocycles. The summed E-state index contributed by atoms with van der Waals surface area (Å²) in [6.07, 6.45) is 0. The minimum Gasteiger partial charge on any atom is -0.486 e. The SMILES string of the molecule is Cc1ccc(F)cc1Nc1cc2c(cc1N)OCCO2. The van der Waals surface area contributed by atoms with Gasteiger partial charge in [-0.25, -0.2) is 4.39 Å². The van der Waals surface area contributed by atoms with Gasteiger partial charge >= 0.3 is 0 Å². The molecule has 1 aliphatic rings. The van der Waals surface area contributed by atoms with E-state index in [1.54, 1.807) is 18.2 Å². The van der Waals surface area contributed by atoms with E-state index in [1.165, 1.54) is 12.1 Å². The molecule has 0 spiro atoms. The number of benzene rings is 2. The maximum absolute atomic E-state index is 13.3. The Morgan fingerprint density at radius 3 is 2.50 bits per heavy atom. The number of rotatable bonds is 2. The van der Waals surface area contributed by atoms with E-state index in [-0.39, 0.29) is 5.82 Å². The molecular formula is C15H15FN2O2. The standard InChI is InChI=1S/C15H15FN2O2/c1-9-2-3-10(16)6-12(9)18-13-8-15-14(7-11(13)17)19-4-5-20-15/h2-3,6-8,18H,4-5,17H2,1H3. The van der Waals surface area contributed by atoms with E-state index < -0.39 is 0 Å². The van der Waals surface area contributed by atoms with Crippen LogP contribution >= 0.6 is 0 Å². The predicted molar refractivity (Wildman–Crippen MR) is 76.3 cm³/mol. The molecule has 2 aromatic rings. The highest BCUT2D eigenvalue weighted by Crippen LogP contribution is 2.38. The fourth-order valence-corrected chi connectivity index (χ4v) is 2.09. The van der Waals surface area contributed by atoms with Crippen LogP contribution in [0.1, 0.15) is 5.56 Å². The third-order valence-corrected chi connectivity index (χ3v) is 3.18. The molecule has 0 bridgehead atoms. The van der Waals surface area contributed by atoms with Crippen LogP contribution in [-0.2, 0) is 0 Å². The van der Waals surface area contributed by atoms with Gasteiger partial charge in [-0.1, -0.05) is 6.07 Å². The van der Waals surface area contributed by atoms with E-state index in [9.17, 15) is 4.39 Å². The molecule has 5 heteroatoms. The summed E-state index contributed by atoms with van der Waals surface area (Å²) in [5, 5.41) is 3.13. The number of ether oxygens (including phenoxy) is 2. The summed E-state index contributed by atoms with van der Waals surface area (Å²) >= 11 is 0. The first-order valence-corrected chi connectivity index (χ1v) is 6.36. The van der Waals surface area contributed by atoms with Gasteiger partial charge in [0, 0.05) is 17.8 Å². The lowest BCUT2D eigenvalue weighted by Gasteiger charge is -2.21. The number of nitrogen functional groups attached to an aromatic ring is 1. The number of hydrogen-bond donors (Lipinski definition) is 2. The van der Waals surface area contributed by atoms with Gasteiger partial charge in [-0.3, -0.25) is 0 Å². The number of nitrogens with one attached hydrogen (secondary N) is 1. The van der Waals surface area contributed by atoms with Crippen molar-refractivity contribution >= 4 is 17.1 Å².